The minimum Gasteiger partial charge on any atom is -0.870 e. The van der Waals surface area contributed by atoms with E-state index in [1.165, 1.54) is 6.19 Å². The van der Waals surface area contributed by atoms with Crippen molar-refractivity contribution < 1.29 is 70.1 Å². The van der Waals surface area contributed by atoms with Crippen LogP contribution >= 0.6 is 0 Å². The van der Waals surface area contributed by atoms with Crippen molar-refractivity contribution in [1.82, 2.24) is 0 Å². The molecule has 7 heavy (non-hydrogen) atoms. The third-order valence-corrected chi connectivity index (χ3v) is 0. The van der Waals surface area contributed by atoms with Gasteiger partial charge in [-0.05, 0) is 0 Å². The van der Waals surface area contributed by atoms with Crippen molar-refractivity contribution in [2.24, 2.45) is 5.73 Å². The molecule has 0 atom stereocenters. The van der Waals surface area contributed by atoms with Gasteiger partial charge in [0.2, 0.25) is 0 Å². The molecule has 0 fully saturated rings. The summed E-state index contributed by atoms with van der Waals surface area (Å²) in [7, 11) is 0. The Balaban J connectivity index is -0.00000000333. The van der Waals surface area contributed by atoms with Gasteiger partial charge >= 0.3 is 59.1 Å². The molecule has 0 saturated carbocycles. The van der Waals surface area contributed by atoms with Crippen LogP contribution in [0.15, 0.2) is 0 Å². The summed E-state index contributed by atoms with van der Waals surface area (Å²) in [5.74, 6) is 0. The van der Waals surface area contributed by atoms with Crippen LogP contribution in [0.3, 0.4) is 0 Å². The third-order valence-electron chi connectivity index (χ3n) is 0. The Bertz CT molecular complexity index is 35.2. The maximum atomic E-state index is 7.10. The van der Waals surface area contributed by atoms with E-state index >= 15 is 0 Å². The van der Waals surface area contributed by atoms with Gasteiger partial charge in [-0.25, -0.2) is 0 Å². The normalized spacial score (nSPS) is 1.00. The van der Waals surface area contributed by atoms with E-state index in [2.05, 4.69) is 5.73 Å². The van der Waals surface area contributed by atoms with E-state index < -0.39 is 0 Å². The second-order valence-electron chi connectivity index (χ2n) is 0.129. The maximum Gasteiger partial charge on any atom is 1.00 e. The second-order valence-corrected chi connectivity index (χ2v) is 0.129. The Hall–Kier alpha value is 1.21. The van der Waals surface area contributed by atoms with Crippen LogP contribution in [0.25, 0.3) is 0 Å². The minimum atomic E-state index is 0. The standard InChI is InChI=1S/CH2N2.2Na.2H2O/c2-1-3;;;;/h2H2;;;2*1H2/q;2*+1;;/p-2. The molecule has 0 amide bonds. The first kappa shape index (κ1) is 41.4. The number of nitriles is 1. The van der Waals surface area contributed by atoms with Gasteiger partial charge in [0, 0.05) is 0 Å². The Morgan fingerprint density at radius 1 is 1.14 bits per heavy atom. The minimum absolute atomic E-state index is 0. The summed E-state index contributed by atoms with van der Waals surface area (Å²) < 4.78 is 0. The zero-order valence-electron chi connectivity index (χ0n) is 4.42. The molecule has 4 N–H and O–H groups in total. The maximum absolute atomic E-state index is 7.10. The summed E-state index contributed by atoms with van der Waals surface area (Å²) >= 11 is 0. The first-order valence-corrected chi connectivity index (χ1v) is 0.512. The van der Waals surface area contributed by atoms with Gasteiger partial charge in [0.05, 0.1) is 0 Å². The molecule has 0 spiro atoms. The first-order chi connectivity index (χ1) is 1.41. The summed E-state index contributed by atoms with van der Waals surface area (Å²) in [5, 5.41) is 7.10. The van der Waals surface area contributed by atoms with Gasteiger partial charge in [0.15, 0.2) is 6.19 Å². The second kappa shape index (κ2) is 56.9. The van der Waals surface area contributed by atoms with Gasteiger partial charge in [0.1, 0.15) is 0 Å². The molecule has 32 valence electrons. The van der Waals surface area contributed by atoms with Crippen molar-refractivity contribution in [2.45, 2.75) is 0 Å². The van der Waals surface area contributed by atoms with Crippen LogP contribution in [0.4, 0.5) is 0 Å². The van der Waals surface area contributed by atoms with E-state index in [9.17, 15) is 0 Å². The number of hydrogen-bond acceptors (Lipinski definition) is 4. The van der Waals surface area contributed by atoms with Crippen LogP contribution in [0.5, 0.6) is 0 Å². The van der Waals surface area contributed by atoms with Gasteiger partial charge in [-0.2, -0.15) is 5.26 Å². The van der Waals surface area contributed by atoms with Gasteiger partial charge in [0.25, 0.3) is 0 Å². The van der Waals surface area contributed by atoms with Gasteiger partial charge in [-0.1, -0.05) is 0 Å². The average Bonchev–Trinajstić information content (AvgIpc) is 0.918. The molecule has 0 aliphatic heterocycles. The molecule has 0 unspecified atom stereocenters. The predicted octanol–water partition coefficient (Wildman–Crippen LogP) is -6.92. The number of nitrogens with two attached hydrogens (primary N) is 1. The SMILES string of the molecule is N#CN.[Na+].[Na+].[OH-].[OH-]. The van der Waals surface area contributed by atoms with Crippen molar-refractivity contribution in [3.05, 3.63) is 0 Å². The van der Waals surface area contributed by atoms with Crippen LogP contribution in [0, 0.1) is 11.5 Å². The van der Waals surface area contributed by atoms with E-state index in [1.54, 1.807) is 0 Å². The van der Waals surface area contributed by atoms with Crippen LogP contribution in [-0.2, 0) is 0 Å². The molecular formula is CH4N2Na2O2. The molecule has 0 rings (SSSR count). The Morgan fingerprint density at radius 3 is 1.14 bits per heavy atom. The number of nitrogens with zero attached hydrogens (tertiary/aromatic N) is 1. The van der Waals surface area contributed by atoms with Crippen LogP contribution in [0.1, 0.15) is 0 Å². The molecule has 0 radical (unpaired) electrons. The number of hydrogen-bond donors (Lipinski definition) is 1. The zero-order chi connectivity index (χ0) is 2.71. The van der Waals surface area contributed by atoms with E-state index in [4.69, 9.17) is 5.26 Å². The molecule has 0 aliphatic carbocycles. The van der Waals surface area contributed by atoms with Gasteiger partial charge in [-0.3, -0.25) is 0 Å². The monoisotopic (exact) mass is 122 g/mol. The molecule has 0 aromatic heterocycles. The number of rotatable bonds is 0. The largest absolute Gasteiger partial charge is 1.00 e. The average molecular weight is 122 g/mol. The van der Waals surface area contributed by atoms with Crippen LogP contribution in [-0.4, -0.2) is 11.0 Å². The third kappa shape index (κ3) is 134. The first-order valence-electron chi connectivity index (χ1n) is 0.512. The summed E-state index contributed by atoms with van der Waals surface area (Å²) in [6, 6.07) is 0. The fraction of sp³-hybridized carbons (Fsp3) is 0. The predicted molar refractivity (Wildman–Crippen MR) is 13.7 cm³/mol. The van der Waals surface area contributed by atoms with Gasteiger partial charge < -0.3 is 16.7 Å². The molecule has 6 heteroatoms. The van der Waals surface area contributed by atoms with E-state index in [0.29, 0.717) is 0 Å². The summed E-state index contributed by atoms with van der Waals surface area (Å²) in [6.45, 7) is 0. The van der Waals surface area contributed by atoms with Crippen molar-refractivity contribution in [2.75, 3.05) is 0 Å². The Labute approximate surface area is 86.3 Å². The summed E-state index contributed by atoms with van der Waals surface area (Å²) in [5.41, 5.74) is 4.15. The molecule has 0 aromatic carbocycles. The van der Waals surface area contributed by atoms with E-state index in [1.807, 2.05) is 0 Å². The van der Waals surface area contributed by atoms with Crippen molar-refractivity contribution in [3.8, 4) is 6.19 Å². The zero-order valence-corrected chi connectivity index (χ0v) is 8.42. The summed E-state index contributed by atoms with van der Waals surface area (Å²) in [6.07, 6.45) is 1.25. The molecule has 4 nitrogen and oxygen atoms in total. The summed E-state index contributed by atoms with van der Waals surface area (Å²) in [4.78, 5) is 0. The fourth-order valence-electron chi connectivity index (χ4n) is 0. The molecule has 0 aliphatic rings. The van der Waals surface area contributed by atoms with Crippen molar-refractivity contribution in [1.29, 1.82) is 5.26 Å². The molecule has 0 heterocycles. The topological polar surface area (TPSA) is 110 Å². The van der Waals surface area contributed by atoms with Crippen LogP contribution in [0.2, 0.25) is 0 Å². The van der Waals surface area contributed by atoms with E-state index in [-0.39, 0.29) is 70.1 Å². The molecule has 0 aromatic rings. The van der Waals surface area contributed by atoms with Crippen molar-refractivity contribution >= 4 is 0 Å². The van der Waals surface area contributed by atoms with Gasteiger partial charge in [-0.15, -0.1) is 0 Å². The molecular weight excluding hydrogens is 118 g/mol. The molecule has 0 bridgehead atoms. The quantitative estimate of drug-likeness (QED) is 0.195. The molecule has 0 saturated heterocycles. The smallest absolute Gasteiger partial charge is 0.870 e. The van der Waals surface area contributed by atoms with E-state index in [0.717, 1.165) is 0 Å². The Morgan fingerprint density at radius 2 is 1.14 bits per heavy atom. The van der Waals surface area contributed by atoms with Crippen LogP contribution < -0.4 is 64.8 Å². The Kier molecular flexibility index (Phi) is 337. The fourth-order valence-corrected chi connectivity index (χ4v) is 0. The van der Waals surface area contributed by atoms with Crippen molar-refractivity contribution in [3.63, 3.8) is 0 Å².